The first-order valence-corrected chi connectivity index (χ1v) is 10.3. The number of nitrogens with zero attached hydrogens (tertiary/aromatic N) is 2. The second-order valence-electron chi connectivity index (χ2n) is 7.49. The minimum Gasteiger partial charge on any atom is -0.457 e. The van der Waals surface area contributed by atoms with Crippen LogP contribution in [0.15, 0.2) is 78.9 Å². The lowest BCUT2D eigenvalue weighted by atomic mass is 10.2. The Morgan fingerprint density at radius 1 is 0.833 bits per heavy atom. The van der Waals surface area contributed by atoms with Crippen LogP contribution in [-0.2, 0) is 6.54 Å². The van der Waals surface area contributed by atoms with Crippen LogP contribution < -0.4 is 4.74 Å². The predicted octanol–water partition coefficient (Wildman–Crippen LogP) is 4.97. The second kappa shape index (κ2) is 9.55. The maximum Gasteiger partial charge on any atom is 0.253 e. The third kappa shape index (κ3) is 5.24. The molecule has 0 atom stereocenters. The molecule has 3 aromatic rings. The molecule has 3 aromatic carbocycles. The summed E-state index contributed by atoms with van der Waals surface area (Å²) in [6.07, 6.45) is 0.910. The van der Waals surface area contributed by atoms with Gasteiger partial charge >= 0.3 is 0 Å². The first-order chi connectivity index (χ1) is 14.7. The lowest BCUT2D eigenvalue weighted by Gasteiger charge is -2.22. The number of hydrogen-bond acceptors (Lipinski definition) is 3. The fraction of sp³-hybridized carbons (Fsp3) is 0.240. The Kier molecular flexibility index (Phi) is 6.40. The van der Waals surface area contributed by atoms with Gasteiger partial charge in [0.05, 0.1) is 0 Å². The molecule has 1 aliphatic heterocycles. The lowest BCUT2D eigenvalue weighted by Crippen LogP contribution is -2.35. The molecular weight excluding hydrogens is 379 g/mol. The highest BCUT2D eigenvalue weighted by Gasteiger charge is 2.20. The number of carbonyl (C=O) groups is 1. The molecule has 0 bridgehead atoms. The van der Waals surface area contributed by atoms with Gasteiger partial charge in [-0.15, -0.1) is 0 Å². The van der Waals surface area contributed by atoms with Crippen molar-refractivity contribution in [2.24, 2.45) is 0 Å². The van der Waals surface area contributed by atoms with Crippen LogP contribution in [0.5, 0.6) is 11.5 Å². The monoisotopic (exact) mass is 404 g/mol. The lowest BCUT2D eigenvalue weighted by molar-refractivity contribution is 0.0761. The summed E-state index contributed by atoms with van der Waals surface area (Å²) >= 11 is 0. The minimum atomic E-state index is -0.327. The smallest absolute Gasteiger partial charge is 0.253 e. The number of ether oxygens (including phenoxy) is 1. The predicted molar refractivity (Wildman–Crippen MR) is 115 cm³/mol. The molecule has 0 radical (unpaired) electrons. The number of halogens is 1. The van der Waals surface area contributed by atoms with E-state index in [0.29, 0.717) is 18.7 Å². The van der Waals surface area contributed by atoms with Crippen molar-refractivity contribution in [3.05, 3.63) is 95.8 Å². The highest BCUT2D eigenvalue weighted by atomic mass is 19.1. The Bertz CT molecular complexity index is 976. The molecule has 0 aliphatic carbocycles. The van der Waals surface area contributed by atoms with E-state index in [1.54, 1.807) is 12.1 Å². The highest BCUT2D eigenvalue weighted by Crippen LogP contribution is 2.22. The van der Waals surface area contributed by atoms with E-state index in [1.807, 2.05) is 47.4 Å². The van der Waals surface area contributed by atoms with Gasteiger partial charge in [-0.2, -0.15) is 0 Å². The van der Waals surface area contributed by atoms with E-state index >= 15 is 0 Å². The molecule has 0 saturated carbocycles. The zero-order valence-electron chi connectivity index (χ0n) is 16.8. The average Bonchev–Trinajstić information content (AvgIpc) is 3.00. The van der Waals surface area contributed by atoms with E-state index in [0.717, 1.165) is 37.6 Å². The first kappa shape index (κ1) is 20.1. The third-order valence-corrected chi connectivity index (χ3v) is 5.25. The summed E-state index contributed by atoms with van der Waals surface area (Å²) in [6, 6.07) is 23.7. The molecule has 1 heterocycles. The van der Waals surface area contributed by atoms with Gasteiger partial charge in [-0.25, -0.2) is 4.39 Å². The SMILES string of the molecule is O=C(c1ccc(F)cc1)N1CCCN(Cc2cccc(Oc3ccccc3)c2)CC1. The van der Waals surface area contributed by atoms with Crippen LogP contribution in [-0.4, -0.2) is 41.9 Å². The van der Waals surface area contributed by atoms with Gasteiger partial charge in [0.2, 0.25) is 0 Å². The average molecular weight is 404 g/mol. The Morgan fingerprint density at radius 3 is 2.40 bits per heavy atom. The Morgan fingerprint density at radius 2 is 1.60 bits per heavy atom. The molecule has 1 saturated heterocycles. The summed E-state index contributed by atoms with van der Waals surface area (Å²) in [6.45, 7) is 3.92. The van der Waals surface area contributed by atoms with Crippen molar-refractivity contribution in [3.8, 4) is 11.5 Å². The summed E-state index contributed by atoms with van der Waals surface area (Å²) < 4.78 is 19.1. The van der Waals surface area contributed by atoms with Gasteiger partial charge in [-0.1, -0.05) is 30.3 Å². The molecule has 5 heteroatoms. The first-order valence-electron chi connectivity index (χ1n) is 10.3. The van der Waals surface area contributed by atoms with Crippen molar-refractivity contribution in [1.82, 2.24) is 9.80 Å². The van der Waals surface area contributed by atoms with E-state index in [-0.39, 0.29) is 11.7 Å². The van der Waals surface area contributed by atoms with Crippen LogP contribution >= 0.6 is 0 Å². The maximum atomic E-state index is 13.1. The third-order valence-electron chi connectivity index (χ3n) is 5.25. The van der Waals surface area contributed by atoms with Gasteiger partial charge in [-0.3, -0.25) is 9.69 Å². The molecule has 1 aliphatic rings. The minimum absolute atomic E-state index is 0.0323. The van der Waals surface area contributed by atoms with Gasteiger partial charge in [0.25, 0.3) is 5.91 Å². The van der Waals surface area contributed by atoms with Gasteiger partial charge in [0.1, 0.15) is 17.3 Å². The van der Waals surface area contributed by atoms with E-state index in [9.17, 15) is 9.18 Å². The van der Waals surface area contributed by atoms with Crippen molar-refractivity contribution >= 4 is 5.91 Å². The molecule has 4 nitrogen and oxygen atoms in total. The molecule has 154 valence electrons. The summed E-state index contributed by atoms with van der Waals surface area (Å²) in [5.74, 6) is 1.28. The fourth-order valence-electron chi connectivity index (χ4n) is 3.70. The fourth-order valence-corrected chi connectivity index (χ4v) is 3.70. The van der Waals surface area contributed by atoms with Gasteiger partial charge in [0, 0.05) is 38.3 Å². The van der Waals surface area contributed by atoms with Crippen molar-refractivity contribution in [2.45, 2.75) is 13.0 Å². The summed E-state index contributed by atoms with van der Waals surface area (Å²) in [7, 11) is 0. The molecule has 0 unspecified atom stereocenters. The zero-order chi connectivity index (χ0) is 20.8. The van der Waals surface area contributed by atoms with Crippen LogP contribution in [0, 0.1) is 5.82 Å². The Hall–Kier alpha value is -3.18. The van der Waals surface area contributed by atoms with E-state index < -0.39 is 0 Å². The highest BCUT2D eigenvalue weighted by molar-refractivity contribution is 5.94. The largest absolute Gasteiger partial charge is 0.457 e. The molecule has 1 fully saturated rings. The molecular formula is C25H25FN2O2. The number of hydrogen-bond donors (Lipinski definition) is 0. The zero-order valence-corrected chi connectivity index (χ0v) is 16.8. The standard InChI is InChI=1S/C25H25FN2O2/c26-22-12-10-21(11-13-22)25(29)28-15-5-14-27(16-17-28)19-20-6-4-9-24(18-20)30-23-7-2-1-3-8-23/h1-4,6-13,18H,5,14-17,19H2. The molecule has 30 heavy (non-hydrogen) atoms. The molecule has 0 N–H and O–H groups in total. The molecule has 4 rings (SSSR count). The van der Waals surface area contributed by atoms with Gasteiger partial charge in [-0.05, 0) is 60.5 Å². The van der Waals surface area contributed by atoms with Crippen molar-refractivity contribution in [3.63, 3.8) is 0 Å². The number of amides is 1. The Labute approximate surface area is 176 Å². The topological polar surface area (TPSA) is 32.8 Å². The van der Waals surface area contributed by atoms with E-state index in [1.165, 1.54) is 17.7 Å². The molecule has 0 spiro atoms. The van der Waals surface area contributed by atoms with E-state index in [2.05, 4.69) is 17.0 Å². The van der Waals surface area contributed by atoms with Crippen LogP contribution in [0.3, 0.4) is 0 Å². The number of carbonyl (C=O) groups excluding carboxylic acids is 1. The van der Waals surface area contributed by atoms with Crippen LogP contribution in [0.1, 0.15) is 22.3 Å². The summed E-state index contributed by atoms with van der Waals surface area (Å²) in [5.41, 5.74) is 1.72. The van der Waals surface area contributed by atoms with Crippen molar-refractivity contribution in [2.75, 3.05) is 26.2 Å². The molecule has 1 amide bonds. The van der Waals surface area contributed by atoms with Crippen LogP contribution in [0.25, 0.3) is 0 Å². The van der Waals surface area contributed by atoms with Crippen molar-refractivity contribution < 1.29 is 13.9 Å². The van der Waals surface area contributed by atoms with Gasteiger partial charge < -0.3 is 9.64 Å². The number of rotatable bonds is 5. The molecule has 0 aromatic heterocycles. The summed E-state index contributed by atoms with van der Waals surface area (Å²) in [5, 5.41) is 0. The second-order valence-corrected chi connectivity index (χ2v) is 7.49. The number of para-hydroxylation sites is 1. The Balaban J connectivity index is 1.35. The normalized spacial score (nSPS) is 14.9. The van der Waals surface area contributed by atoms with Crippen molar-refractivity contribution in [1.29, 1.82) is 0 Å². The van der Waals surface area contributed by atoms with Crippen LogP contribution in [0.4, 0.5) is 4.39 Å². The van der Waals surface area contributed by atoms with Crippen LogP contribution in [0.2, 0.25) is 0 Å². The summed E-state index contributed by atoms with van der Waals surface area (Å²) in [4.78, 5) is 16.9. The van der Waals surface area contributed by atoms with Gasteiger partial charge in [0.15, 0.2) is 0 Å². The quantitative estimate of drug-likeness (QED) is 0.602. The number of benzene rings is 3. The maximum absolute atomic E-state index is 13.1. The van der Waals surface area contributed by atoms with E-state index in [4.69, 9.17) is 4.74 Å².